The molecule has 1 heterocycles. The van der Waals surface area contributed by atoms with E-state index in [0.717, 1.165) is 26.0 Å². The lowest BCUT2D eigenvalue weighted by molar-refractivity contribution is -0.118. The number of halogens is 1. The normalized spacial score (nSPS) is 11.1. The quantitative estimate of drug-likeness (QED) is 0.445. The molecule has 0 saturated carbocycles. The Hall–Kier alpha value is -1.92. The van der Waals surface area contributed by atoms with Gasteiger partial charge in [0.15, 0.2) is 5.82 Å². The summed E-state index contributed by atoms with van der Waals surface area (Å²) in [7, 11) is 0. The van der Waals surface area contributed by atoms with Gasteiger partial charge in [-0.05, 0) is 24.1 Å². The summed E-state index contributed by atoms with van der Waals surface area (Å²) in [5.41, 5.74) is 1.83. The van der Waals surface area contributed by atoms with Crippen LogP contribution in [0.25, 0.3) is 22.3 Å². The SMILES string of the molecule is CC(C)CNC(=O)CSc1nc(-c2ccc(Br)cc2)nc2ccccc12. The molecule has 0 fully saturated rings. The van der Waals surface area contributed by atoms with Gasteiger partial charge in [-0.1, -0.05) is 71.9 Å². The number of nitrogens with zero attached hydrogens (tertiary/aromatic N) is 2. The summed E-state index contributed by atoms with van der Waals surface area (Å²) in [5, 5.41) is 4.74. The lowest BCUT2D eigenvalue weighted by atomic mass is 10.2. The zero-order chi connectivity index (χ0) is 18.5. The van der Waals surface area contributed by atoms with E-state index in [1.54, 1.807) is 0 Å². The van der Waals surface area contributed by atoms with Gasteiger partial charge >= 0.3 is 0 Å². The molecule has 0 atom stereocenters. The molecular weight excluding hydrogens is 410 g/mol. The zero-order valence-corrected chi connectivity index (χ0v) is 17.1. The average molecular weight is 430 g/mol. The van der Waals surface area contributed by atoms with Gasteiger partial charge in [-0.3, -0.25) is 4.79 Å². The van der Waals surface area contributed by atoms with Crippen molar-refractivity contribution in [2.24, 2.45) is 5.92 Å². The number of rotatable bonds is 6. The lowest BCUT2D eigenvalue weighted by Crippen LogP contribution is -2.28. The van der Waals surface area contributed by atoms with E-state index in [-0.39, 0.29) is 5.91 Å². The number of carbonyl (C=O) groups excluding carboxylic acids is 1. The van der Waals surface area contributed by atoms with Gasteiger partial charge in [0, 0.05) is 22.0 Å². The summed E-state index contributed by atoms with van der Waals surface area (Å²) in [6.07, 6.45) is 0. The molecule has 0 aliphatic rings. The molecule has 0 aliphatic heterocycles. The third-order valence-corrected chi connectivity index (χ3v) is 5.24. The van der Waals surface area contributed by atoms with E-state index in [4.69, 9.17) is 4.98 Å². The number of benzene rings is 2. The largest absolute Gasteiger partial charge is 0.355 e. The monoisotopic (exact) mass is 429 g/mol. The third kappa shape index (κ3) is 4.83. The van der Waals surface area contributed by atoms with E-state index in [2.05, 4.69) is 40.1 Å². The van der Waals surface area contributed by atoms with E-state index in [1.807, 2.05) is 48.5 Å². The summed E-state index contributed by atoms with van der Waals surface area (Å²) in [5.74, 6) is 1.47. The van der Waals surface area contributed by atoms with Crippen LogP contribution >= 0.6 is 27.7 Å². The number of nitrogens with one attached hydrogen (secondary N) is 1. The van der Waals surface area contributed by atoms with Gasteiger partial charge < -0.3 is 5.32 Å². The van der Waals surface area contributed by atoms with Gasteiger partial charge in [0.05, 0.1) is 11.3 Å². The number of thioether (sulfide) groups is 1. The first kappa shape index (κ1) is 18.9. The van der Waals surface area contributed by atoms with Crippen molar-refractivity contribution in [3.05, 3.63) is 53.0 Å². The number of carbonyl (C=O) groups is 1. The van der Waals surface area contributed by atoms with E-state index in [0.29, 0.717) is 24.0 Å². The van der Waals surface area contributed by atoms with Crippen molar-refractivity contribution >= 4 is 44.5 Å². The highest BCUT2D eigenvalue weighted by Gasteiger charge is 2.12. The standard InChI is InChI=1S/C20H20BrN3OS/c1-13(2)11-22-18(25)12-26-20-16-5-3-4-6-17(16)23-19(24-20)14-7-9-15(21)10-8-14/h3-10,13H,11-12H2,1-2H3,(H,22,25). The molecule has 0 saturated heterocycles. The van der Waals surface area contributed by atoms with Gasteiger partial charge in [-0.25, -0.2) is 9.97 Å². The molecule has 3 rings (SSSR count). The fourth-order valence-corrected chi connectivity index (χ4v) is 3.50. The minimum absolute atomic E-state index is 0.0246. The minimum atomic E-state index is 0.0246. The highest BCUT2D eigenvalue weighted by Crippen LogP contribution is 2.28. The van der Waals surface area contributed by atoms with Crippen molar-refractivity contribution < 1.29 is 4.79 Å². The Bertz CT molecular complexity index is 913. The molecule has 0 unspecified atom stereocenters. The summed E-state index contributed by atoms with van der Waals surface area (Å²) >= 11 is 4.90. The Labute approximate surface area is 166 Å². The summed E-state index contributed by atoms with van der Waals surface area (Å²) in [6, 6.07) is 15.8. The Morgan fingerprint density at radius 1 is 1.12 bits per heavy atom. The Morgan fingerprint density at radius 3 is 2.58 bits per heavy atom. The first-order valence-electron chi connectivity index (χ1n) is 8.45. The van der Waals surface area contributed by atoms with Crippen molar-refractivity contribution in [2.75, 3.05) is 12.3 Å². The van der Waals surface area contributed by atoms with Crippen LogP contribution in [0.15, 0.2) is 58.0 Å². The van der Waals surface area contributed by atoms with Crippen LogP contribution in [-0.2, 0) is 4.79 Å². The van der Waals surface area contributed by atoms with Gasteiger partial charge in [-0.2, -0.15) is 0 Å². The van der Waals surface area contributed by atoms with Crippen LogP contribution < -0.4 is 5.32 Å². The fraction of sp³-hybridized carbons (Fsp3) is 0.250. The van der Waals surface area contributed by atoms with Crippen molar-refractivity contribution in [1.29, 1.82) is 0 Å². The van der Waals surface area contributed by atoms with Gasteiger partial charge in [0.2, 0.25) is 5.91 Å². The molecule has 26 heavy (non-hydrogen) atoms. The van der Waals surface area contributed by atoms with Crippen LogP contribution in [0.4, 0.5) is 0 Å². The molecule has 134 valence electrons. The van der Waals surface area contributed by atoms with Crippen LogP contribution in [0.1, 0.15) is 13.8 Å². The van der Waals surface area contributed by atoms with Crippen molar-refractivity contribution in [3.8, 4) is 11.4 Å². The molecular formula is C20H20BrN3OS. The minimum Gasteiger partial charge on any atom is -0.355 e. The Morgan fingerprint density at radius 2 is 1.85 bits per heavy atom. The van der Waals surface area contributed by atoms with Crippen molar-refractivity contribution in [2.45, 2.75) is 18.9 Å². The van der Waals surface area contributed by atoms with Crippen LogP contribution in [0.2, 0.25) is 0 Å². The Balaban J connectivity index is 1.88. The van der Waals surface area contributed by atoms with Gasteiger partial charge in [0.25, 0.3) is 0 Å². The number of hydrogen-bond donors (Lipinski definition) is 1. The summed E-state index contributed by atoms with van der Waals surface area (Å²) < 4.78 is 1.01. The maximum Gasteiger partial charge on any atom is 0.230 e. The van der Waals surface area contributed by atoms with Crippen LogP contribution in [0, 0.1) is 5.92 Å². The third-order valence-electron chi connectivity index (χ3n) is 3.72. The summed E-state index contributed by atoms with van der Waals surface area (Å²) in [4.78, 5) is 21.5. The number of para-hydroxylation sites is 1. The maximum atomic E-state index is 12.1. The first-order chi connectivity index (χ1) is 12.5. The molecule has 4 nitrogen and oxygen atoms in total. The molecule has 0 aliphatic carbocycles. The van der Waals surface area contributed by atoms with Crippen molar-refractivity contribution in [3.63, 3.8) is 0 Å². The first-order valence-corrected chi connectivity index (χ1v) is 10.2. The maximum absolute atomic E-state index is 12.1. The van der Waals surface area contributed by atoms with Gasteiger partial charge in [-0.15, -0.1) is 0 Å². The second-order valence-corrected chi connectivity index (χ2v) is 8.24. The predicted molar refractivity (Wildman–Crippen MR) is 111 cm³/mol. The molecule has 1 amide bonds. The fourth-order valence-electron chi connectivity index (χ4n) is 2.39. The van der Waals surface area contributed by atoms with E-state index in [9.17, 15) is 4.79 Å². The number of aromatic nitrogens is 2. The van der Waals surface area contributed by atoms with Crippen molar-refractivity contribution in [1.82, 2.24) is 15.3 Å². The topological polar surface area (TPSA) is 54.9 Å². The van der Waals surface area contributed by atoms with E-state index >= 15 is 0 Å². The van der Waals surface area contributed by atoms with Crippen LogP contribution in [-0.4, -0.2) is 28.2 Å². The second-order valence-electron chi connectivity index (χ2n) is 6.36. The summed E-state index contributed by atoms with van der Waals surface area (Å²) in [6.45, 7) is 4.85. The molecule has 0 bridgehead atoms. The molecule has 0 radical (unpaired) electrons. The van der Waals surface area contributed by atoms with Crippen LogP contribution in [0.5, 0.6) is 0 Å². The Kier molecular flexibility index (Phi) is 6.27. The number of fused-ring (bicyclic) bond motifs is 1. The van der Waals surface area contributed by atoms with Crippen LogP contribution in [0.3, 0.4) is 0 Å². The van der Waals surface area contributed by atoms with E-state index in [1.165, 1.54) is 11.8 Å². The number of amides is 1. The zero-order valence-electron chi connectivity index (χ0n) is 14.7. The highest BCUT2D eigenvalue weighted by atomic mass is 79.9. The molecule has 1 N–H and O–H groups in total. The lowest BCUT2D eigenvalue weighted by Gasteiger charge is -2.10. The molecule has 3 aromatic rings. The molecule has 1 aromatic heterocycles. The number of hydrogen-bond acceptors (Lipinski definition) is 4. The molecule has 2 aromatic carbocycles. The molecule has 0 spiro atoms. The van der Waals surface area contributed by atoms with E-state index < -0.39 is 0 Å². The highest BCUT2D eigenvalue weighted by molar-refractivity contribution is 9.10. The second kappa shape index (κ2) is 8.64. The average Bonchev–Trinajstić information content (AvgIpc) is 2.64. The van der Waals surface area contributed by atoms with Gasteiger partial charge in [0.1, 0.15) is 5.03 Å². The molecule has 6 heteroatoms. The smallest absolute Gasteiger partial charge is 0.230 e. The predicted octanol–water partition coefficient (Wildman–Crippen LogP) is 4.92.